The number of nitriles is 1. The van der Waals surface area contributed by atoms with Crippen LogP contribution in [0.3, 0.4) is 0 Å². The summed E-state index contributed by atoms with van der Waals surface area (Å²) in [6.45, 7) is 4.61. The molecule has 0 saturated heterocycles. The summed E-state index contributed by atoms with van der Waals surface area (Å²) in [4.78, 5) is 0. The molecule has 92 valence electrons. The molecule has 0 bridgehead atoms. The Kier molecular flexibility index (Phi) is 6.68. The van der Waals surface area contributed by atoms with E-state index in [2.05, 4.69) is 34.2 Å². The van der Waals surface area contributed by atoms with E-state index in [0.29, 0.717) is 5.56 Å². The highest BCUT2D eigenvalue weighted by molar-refractivity contribution is 9.10. The van der Waals surface area contributed by atoms with E-state index in [1.807, 2.05) is 12.1 Å². The molecule has 0 heterocycles. The molecule has 0 atom stereocenters. The van der Waals surface area contributed by atoms with Crippen LogP contribution in [0.2, 0.25) is 0 Å². The van der Waals surface area contributed by atoms with Gasteiger partial charge in [0.15, 0.2) is 0 Å². The Labute approximate surface area is 111 Å². The van der Waals surface area contributed by atoms with Crippen molar-refractivity contribution in [1.29, 1.82) is 5.26 Å². The summed E-state index contributed by atoms with van der Waals surface area (Å²) in [6, 6.07) is 7.76. The monoisotopic (exact) mass is 296 g/mol. The minimum atomic E-state index is 0.654. The van der Waals surface area contributed by atoms with Crippen molar-refractivity contribution in [3.05, 3.63) is 28.2 Å². The number of halogens is 1. The van der Waals surface area contributed by atoms with Crippen molar-refractivity contribution < 1.29 is 4.74 Å². The highest BCUT2D eigenvalue weighted by Crippen LogP contribution is 2.20. The van der Waals surface area contributed by atoms with Gasteiger partial charge in [-0.1, -0.05) is 6.92 Å². The summed E-state index contributed by atoms with van der Waals surface area (Å²) in [7, 11) is 0. The minimum absolute atomic E-state index is 0.654. The van der Waals surface area contributed by atoms with Crippen LogP contribution >= 0.6 is 15.9 Å². The topological polar surface area (TPSA) is 45.0 Å². The molecule has 4 heteroatoms. The standard InChI is InChI=1S/C13H17BrN2O/c1-2-7-17-8-3-6-16-12-5-4-11(10-15)13(14)9-12/h4-5,9,16H,2-3,6-8H2,1H3. The van der Waals surface area contributed by atoms with E-state index in [-0.39, 0.29) is 0 Å². The van der Waals surface area contributed by atoms with Gasteiger partial charge in [0.05, 0.1) is 5.56 Å². The second-order valence-corrected chi connectivity index (χ2v) is 4.55. The molecule has 0 aliphatic rings. The van der Waals surface area contributed by atoms with Gasteiger partial charge in [-0.25, -0.2) is 0 Å². The summed E-state index contributed by atoms with van der Waals surface area (Å²) in [5.41, 5.74) is 1.67. The van der Waals surface area contributed by atoms with E-state index in [9.17, 15) is 0 Å². The third kappa shape index (κ3) is 5.20. The van der Waals surface area contributed by atoms with Crippen molar-refractivity contribution in [2.75, 3.05) is 25.1 Å². The third-order valence-corrected chi connectivity index (χ3v) is 2.89. The van der Waals surface area contributed by atoms with Gasteiger partial charge in [-0.2, -0.15) is 5.26 Å². The summed E-state index contributed by atoms with van der Waals surface area (Å²) >= 11 is 3.36. The Hall–Kier alpha value is -1.05. The average Bonchev–Trinajstić information content (AvgIpc) is 2.34. The Morgan fingerprint density at radius 3 is 2.88 bits per heavy atom. The highest BCUT2D eigenvalue weighted by atomic mass is 79.9. The first-order valence-corrected chi connectivity index (χ1v) is 6.58. The van der Waals surface area contributed by atoms with Gasteiger partial charge < -0.3 is 10.1 Å². The maximum absolute atomic E-state index is 8.79. The van der Waals surface area contributed by atoms with Gasteiger partial charge in [-0.05, 0) is 47.0 Å². The number of nitrogens with zero attached hydrogens (tertiary/aromatic N) is 1. The van der Waals surface area contributed by atoms with E-state index in [1.54, 1.807) is 6.07 Å². The normalized spacial score (nSPS) is 9.94. The molecule has 0 saturated carbocycles. The second kappa shape index (κ2) is 8.10. The smallest absolute Gasteiger partial charge is 0.100 e. The van der Waals surface area contributed by atoms with Gasteiger partial charge in [0.1, 0.15) is 6.07 Å². The molecular weight excluding hydrogens is 280 g/mol. The summed E-state index contributed by atoms with van der Waals surface area (Å²) in [5.74, 6) is 0. The number of anilines is 1. The lowest BCUT2D eigenvalue weighted by molar-refractivity contribution is 0.134. The maximum atomic E-state index is 8.79. The van der Waals surface area contributed by atoms with E-state index < -0.39 is 0 Å². The lowest BCUT2D eigenvalue weighted by atomic mass is 10.2. The zero-order valence-electron chi connectivity index (χ0n) is 10.0. The number of benzene rings is 1. The SMILES string of the molecule is CCCOCCCNc1ccc(C#N)c(Br)c1. The van der Waals surface area contributed by atoms with Crippen molar-refractivity contribution in [2.45, 2.75) is 19.8 Å². The first-order chi connectivity index (χ1) is 8.27. The molecule has 0 radical (unpaired) electrons. The fourth-order valence-corrected chi connectivity index (χ4v) is 1.84. The molecule has 0 spiro atoms. The zero-order chi connectivity index (χ0) is 12.5. The van der Waals surface area contributed by atoms with Crippen molar-refractivity contribution >= 4 is 21.6 Å². The lowest BCUT2D eigenvalue weighted by Gasteiger charge is -2.07. The molecule has 1 rings (SSSR count). The molecule has 0 amide bonds. The van der Waals surface area contributed by atoms with E-state index in [0.717, 1.165) is 42.8 Å². The lowest BCUT2D eigenvalue weighted by Crippen LogP contribution is -2.06. The Morgan fingerprint density at radius 2 is 2.24 bits per heavy atom. The summed E-state index contributed by atoms with van der Waals surface area (Å²) in [5, 5.41) is 12.1. The van der Waals surface area contributed by atoms with Crippen molar-refractivity contribution in [1.82, 2.24) is 0 Å². The van der Waals surface area contributed by atoms with Crippen LogP contribution in [0.5, 0.6) is 0 Å². The molecule has 0 aliphatic carbocycles. The first kappa shape index (κ1) is 14.0. The number of hydrogen-bond acceptors (Lipinski definition) is 3. The second-order valence-electron chi connectivity index (χ2n) is 3.70. The zero-order valence-corrected chi connectivity index (χ0v) is 11.6. The number of rotatable bonds is 7. The minimum Gasteiger partial charge on any atom is -0.385 e. The van der Waals surface area contributed by atoms with Crippen LogP contribution in [0.25, 0.3) is 0 Å². The van der Waals surface area contributed by atoms with Gasteiger partial charge in [-0.15, -0.1) is 0 Å². The van der Waals surface area contributed by atoms with Crippen molar-refractivity contribution in [2.24, 2.45) is 0 Å². The molecular formula is C13H17BrN2O. The Balaban J connectivity index is 2.28. The molecule has 0 aromatic heterocycles. The van der Waals surface area contributed by atoms with Gasteiger partial charge in [0.2, 0.25) is 0 Å². The predicted molar refractivity (Wildman–Crippen MR) is 73.1 cm³/mol. The van der Waals surface area contributed by atoms with Crippen LogP contribution in [-0.4, -0.2) is 19.8 Å². The third-order valence-electron chi connectivity index (χ3n) is 2.23. The van der Waals surface area contributed by atoms with Gasteiger partial charge in [0.25, 0.3) is 0 Å². The van der Waals surface area contributed by atoms with Gasteiger partial charge in [-0.3, -0.25) is 0 Å². The molecule has 3 nitrogen and oxygen atoms in total. The summed E-state index contributed by atoms with van der Waals surface area (Å²) in [6.07, 6.45) is 2.05. The van der Waals surface area contributed by atoms with Crippen LogP contribution in [0.1, 0.15) is 25.3 Å². The van der Waals surface area contributed by atoms with Crippen LogP contribution in [-0.2, 0) is 4.74 Å². The number of ether oxygens (including phenoxy) is 1. The van der Waals surface area contributed by atoms with Crippen LogP contribution in [0.4, 0.5) is 5.69 Å². The largest absolute Gasteiger partial charge is 0.385 e. The Bertz CT molecular complexity index is 387. The Morgan fingerprint density at radius 1 is 1.41 bits per heavy atom. The van der Waals surface area contributed by atoms with E-state index >= 15 is 0 Å². The molecule has 0 aliphatic heterocycles. The van der Waals surface area contributed by atoms with E-state index in [4.69, 9.17) is 10.00 Å². The number of hydrogen-bond donors (Lipinski definition) is 1. The quantitative estimate of drug-likeness (QED) is 0.783. The molecule has 0 fully saturated rings. The van der Waals surface area contributed by atoms with Crippen molar-refractivity contribution in [3.63, 3.8) is 0 Å². The fourth-order valence-electron chi connectivity index (χ4n) is 1.37. The number of nitrogens with one attached hydrogen (secondary N) is 1. The van der Waals surface area contributed by atoms with Gasteiger partial charge in [0, 0.05) is 29.9 Å². The van der Waals surface area contributed by atoms with Gasteiger partial charge >= 0.3 is 0 Å². The fraction of sp³-hybridized carbons (Fsp3) is 0.462. The molecule has 1 N–H and O–H groups in total. The van der Waals surface area contributed by atoms with Crippen LogP contribution < -0.4 is 5.32 Å². The van der Waals surface area contributed by atoms with Crippen LogP contribution in [0.15, 0.2) is 22.7 Å². The summed E-state index contributed by atoms with van der Waals surface area (Å²) < 4.78 is 6.21. The predicted octanol–water partition coefficient (Wildman–Crippen LogP) is 3.55. The van der Waals surface area contributed by atoms with Crippen molar-refractivity contribution in [3.8, 4) is 6.07 Å². The maximum Gasteiger partial charge on any atom is 0.100 e. The van der Waals surface area contributed by atoms with E-state index in [1.165, 1.54) is 0 Å². The molecule has 1 aromatic rings. The molecule has 1 aromatic carbocycles. The first-order valence-electron chi connectivity index (χ1n) is 5.79. The molecule has 17 heavy (non-hydrogen) atoms. The highest BCUT2D eigenvalue weighted by Gasteiger charge is 1.99. The van der Waals surface area contributed by atoms with Crippen LogP contribution in [0, 0.1) is 11.3 Å². The molecule has 0 unspecified atom stereocenters. The average molecular weight is 297 g/mol.